The van der Waals surface area contributed by atoms with Crippen molar-refractivity contribution in [2.24, 2.45) is 0 Å². The first kappa shape index (κ1) is 17.2. The molecule has 2 saturated heterocycles. The monoisotopic (exact) mass is 352 g/mol. The minimum Gasteiger partial charge on any atom is -0.336 e. The second-order valence-corrected chi connectivity index (χ2v) is 8.95. The van der Waals surface area contributed by atoms with Crippen LogP contribution in [0.1, 0.15) is 19.5 Å². The van der Waals surface area contributed by atoms with Crippen LogP contribution in [-0.2, 0) is 16.4 Å². The van der Waals surface area contributed by atoms with Gasteiger partial charge in [0.05, 0.1) is 23.2 Å². The van der Waals surface area contributed by atoms with Crippen LogP contribution >= 0.6 is 0 Å². The second-order valence-electron chi connectivity index (χ2n) is 6.80. The summed E-state index contributed by atoms with van der Waals surface area (Å²) in [7, 11) is -3.13. The lowest BCUT2D eigenvalue weighted by molar-refractivity contribution is 0.0592. The highest BCUT2D eigenvalue weighted by atomic mass is 32.2. The maximum absolute atomic E-state index is 12.4. The lowest BCUT2D eigenvalue weighted by atomic mass is 10.0. The molecule has 2 aliphatic heterocycles. The van der Waals surface area contributed by atoms with Gasteiger partial charge in [0.25, 0.3) is 0 Å². The number of aromatic nitrogens is 1. The Morgan fingerprint density at radius 2 is 2.04 bits per heavy atom. The third-order valence-corrected chi connectivity index (χ3v) is 6.25. The summed E-state index contributed by atoms with van der Waals surface area (Å²) in [5.41, 5.74) is 0.917. The molecule has 0 unspecified atom stereocenters. The van der Waals surface area contributed by atoms with E-state index in [1.165, 1.54) is 0 Å². The van der Waals surface area contributed by atoms with E-state index in [0.717, 1.165) is 5.69 Å². The summed E-state index contributed by atoms with van der Waals surface area (Å²) in [6, 6.07) is 5.14. The van der Waals surface area contributed by atoms with Crippen LogP contribution in [-0.4, -0.2) is 72.0 Å². The van der Waals surface area contributed by atoms with Crippen molar-refractivity contribution in [3.8, 4) is 0 Å². The van der Waals surface area contributed by atoms with Crippen molar-refractivity contribution >= 4 is 15.9 Å². The summed E-state index contributed by atoms with van der Waals surface area (Å²) < 4.78 is 24.4. The summed E-state index contributed by atoms with van der Waals surface area (Å²) in [4.78, 5) is 20.6. The van der Waals surface area contributed by atoms with E-state index in [1.54, 1.807) is 11.1 Å². The molecule has 1 aromatic heterocycles. The number of urea groups is 1. The number of hydrogen-bond donors (Lipinski definition) is 1. The Labute approximate surface area is 143 Å². The van der Waals surface area contributed by atoms with Crippen LogP contribution in [0.25, 0.3) is 0 Å². The summed E-state index contributed by atoms with van der Waals surface area (Å²) in [5.74, 6) is 0.151. The zero-order valence-corrected chi connectivity index (χ0v) is 14.9. The minimum absolute atomic E-state index is 0.0282. The zero-order chi connectivity index (χ0) is 17.3. The normalized spacial score (nSPS) is 26.4. The molecule has 0 aliphatic carbocycles. The van der Waals surface area contributed by atoms with Crippen molar-refractivity contribution in [3.63, 3.8) is 0 Å². The van der Waals surface area contributed by atoms with Gasteiger partial charge in [-0.15, -0.1) is 0 Å². The third-order valence-electron chi connectivity index (χ3n) is 4.56. The first-order valence-electron chi connectivity index (χ1n) is 8.27. The highest BCUT2D eigenvalue weighted by Crippen LogP contribution is 2.28. The molecule has 8 heteroatoms. The van der Waals surface area contributed by atoms with Gasteiger partial charge in [-0.05, 0) is 26.0 Å². The molecule has 3 rings (SSSR count). The Morgan fingerprint density at radius 3 is 2.71 bits per heavy atom. The van der Waals surface area contributed by atoms with Gasteiger partial charge in [-0.25, -0.2) is 13.2 Å². The number of nitrogens with one attached hydrogen (secondary N) is 1. The molecule has 2 amide bonds. The molecular weight excluding hydrogens is 328 g/mol. The number of amides is 2. The van der Waals surface area contributed by atoms with Gasteiger partial charge in [0.15, 0.2) is 9.84 Å². The standard InChI is InChI=1S/C16H24N4O3S/c1-12(2)18-16(21)20-8-7-19(9-13-5-3-4-6-17-13)14-10-24(22,23)11-15(14)20/h3-6,12,14-15H,7-11H2,1-2H3,(H,18,21)/t14-,15+/m1/s1. The SMILES string of the molecule is CC(C)NC(=O)N1CCN(Cc2ccccn2)[C@@H]2CS(=O)(=O)C[C@@H]21. The Balaban J connectivity index is 1.78. The van der Waals surface area contributed by atoms with Gasteiger partial charge in [-0.3, -0.25) is 9.88 Å². The summed E-state index contributed by atoms with van der Waals surface area (Å²) in [5, 5.41) is 2.88. The Kier molecular flexibility index (Phi) is 4.78. The lowest BCUT2D eigenvalue weighted by Crippen LogP contribution is -2.62. The number of sulfone groups is 1. The van der Waals surface area contributed by atoms with Crippen LogP contribution in [0.15, 0.2) is 24.4 Å². The van der Waals surface area contributed by atoms with Crippen LogP contribution in [0.2, 0.25) is 0 Å². The zero-order valence-electron chi connectivity index (χ0n) is 14.1. The van der Waals surface area contributed by atoms with Gasteiger partial charge in [-0.1, -0.05) is 6.07 Å². The van der Waals surface area contributed by atoms with Crippen molar-refractivity contribution in [2.75, 3.05) is 24.6 Å². The van der Waals surface area contributed by atoms with E-state index in [4.69, 9.17) is 0 Å². The van der Waals surface area contributed by atoms with Crippen molar-refractivity contribution in [3.05, 3.63) is 30.1 Å². The van der Waals surface area contributed by atoms with E-state index in [1.807, 2.05) is 32.0 Å². The van der Waals surface area contributed by atoms with Gasteiger partial charge in [-0.2, -0.15) is 0 Å². The fourth-order valence-electron chi connectivity index (χ4n) is 3.50. The van der Waals surface area contributed by atoms with E-state index in [2.05, 4.69) is 15.2 Å². The smallest absolute Gasteiger partial charge is 0.317 e. The largest absolute Gasteiger partial charge is 0.336 e. The van der Waals surface area contributed by atoms with Crippen LogP contribution in [0.4, 0.5) is 4.79 Å². The summed E-state index contributed by atoms with van der Waals surface area (Å²) in [6.07, 6.45) is 1.74. The van der Waals surface area contributed by atoms with E-state index in [9.17, 15) is 13.2 Å². The van der Waals surface area contributed by atoms with E-state index < -0.39 is 9.84 Å². The Bertz CT molecular complexity index is 693. The summed E-state index contributed by atoms with van der Waals surface area (Å²) >= 11 is 0. The van der Waals surface area contributed by atoms with Gasteiger partial charge in [0, 0.05) is 37.9 Å². The van der Waals surface area contributed by atoms with Gasteiger partial charge >= 0.3 is 6.03 Å². The van der Waals surface area contributed by atoms with Gasteiger partial charge < -0.3 is 10.2 Å². The van der Waals surface area contributed by atoms with Crippen molar-refractivity contribution in [2.45, 2.75) is 38.5 Å². The highest BCUT2D eigenvalue weighted by Gasteiger charge is 2.48. The molecule has 0 spiro atoms. The number of piperazine rings is 1. The molecule has 0 aromatic carbocycles. The average Bonchev–Trinajstić information content (AvgIpc) is 2.83. The van der Waals surface area contributed by atoms with Crippen LogP contribution in [0.5, 0.6) is 0 Å². The maximum Gasteiger partial charge on any atom is 0.317 e. The number of carbonyl (C=O) groups excluding carboxylic acids is 1. The highest BCUT2D eigenvalue weighted by molar-refractivity contribution is 7.91. The van der Waals surface area contributed by atoms with E-state index >= 15 is 0 Å². The second kappa shape index (κ2) is 6.68. The fourth-order valence-corrected chi connectivity index (χ4v) is 5.51. The quantitative estimate of drug-likeness (QED) is 0.856. The molecule has 2 aliphatic rings. The third kappa shape index (κ3) is 3.70. The molecule has 2 fully saturated rings. The molecule has 0 bridgehead atoms. The van der Waals surface area contributed by atoms with Crippen LogP contribution in [0.3, 0.4) is 0 Å². The van der Waals surface area contributed by atoms with Gasteiger partial charge in [0.2, 0.25) is 0 Å². The molecule has 1 N–H and O–H groups in total. The topological polar surface area (TPSA) is 82.6 Å². The first-order valence-corrected chi connectivity index (χ1v) is 10.1. The molecule has 1 aromatic rings. The molecule has 24 heavy (non-hydrogen) atoms. The summed E-state index contributed by atoms with van der Waals surface area (Å²) in [6.45, 7) is 5.59. The number of fused-ring (bicyclic) bond motifs is 1. The first-order chi connectivity index (χ1) is 11.4. The van der Waals surface area contributed by atoms with Crippen molar-refractivity contribution in [1.82, 2.24) is 20.1 Å². The molecule has 0 saturated carbocycles. The number of nitrogens with zero attached hydrogens (tertiary/aromatic N) is 3. The number of pyridine rings is 1. The predicted octanol–water partition coefficient (Wildman–Crippen LogP) is 0.483. The number of rotatable bonds is 3. The molecule has 7 nitrogen and oxygen atoms in total. The maximum atomic E-state index is 12.4. The minimum atomic E-state index is -3.13. The average molecular weight is 352 g/mol. The van der Waals surface area contributed by atoms with Crippen LogP contribution < -0.4 is 5.32 Å². The van der Waals surface area contributed by atoms with Crippen LogP contribution in [0, 0.1) is 0 Å². The van der Waals surface area contributed by atoms with Crippen molar-refractivity contribution < 1.29 is 13.2 Å². The van der Waals surface area contributed by atoms with E-state index in [-0.39, 0.29) is 35.7 Å². The molecule has 2 atom stereocenters. The lowest BCUT2D eigenvalue weighted by Gasteiger charge is -2.43. The number of carbonyl (C=O) groups is 1. The molecule has 3 heterocycles. The molecule has 132 valence electrons. The number of hydrogen-bond acceptors (Lipinski definition) is 5. The Hall–Kier alpha value is -1.67. The predicted molar refractivity (Wildman–Crippen MR) is 91.3 cm³/mol. The Morgan fingerprint density at radius 1 is 1.29 bits per heavy atom. The van der Waals surface area contributed by atoms with E-state index in [0.29, 0.717) is 19.6 Å². The van der Waals surface area contributed by atoms with Crippen molar-refractivity contribution in [1.29, 1.82) is 0 Å². The molecular formula is C16H24N4O3S. The molecule has 0 radical (unpaired) electrons. The fraction of sp³-hybridized carbons (Fsp3) is 0.625. The van der Waals surface area contributed by atoms with Gasteiger partial charge in [0.1, 0.15) is 0 Å².